The van der Waals surface area contributed by atoms with E-state index in [0.29, 0.717) is 0 Å². The molecular weight excluding hydrogens is 158 g/mol. The Morgan fingerprint density at radius 2 is 2.10 bits per heavy atom. The van der Waals surface area contributed by atoms with Gasteiger partial charge in [0.25, 0.3) is 0 Å². The average Bonchev–Trinajstić information content (AvgIpc) is 2.27. The molecule has 0 fully saturated rings. The van der Waals surface area contributed by atoms with Crippen molar-refractivity contribution < 1.29 is 0 Å². The monoisotopic (exact) mass is 162 g/mol. The normalized spacial score (nSPS) is 10.5. The first kappa shape index (κ1) is 6.06. The summed E-state index contributed by atoms with van der Waals surface area (Å²) in [6, 6.07) is 8.09. The first-order chi connectivity index (χ1) is 4.86. The zero-order chi connectivity index (χ0) is 6.97. The standard InChI is InChI=1S/C7H4NSSi/c10-7-8-5-3-1-2-4-6(5)9-7/h1-4H. The second kappa shape index (κ2) is 2.18. The van der Waals surface area contributed by atoms with E-state index in [2.05, 4.69) is 21.3 Å². The van der Waals surface area contributed by atoms with Crippen molar-refractivity contribution in [3.05, 3.63) is 24.3 Å². The van der Waals surface area contributed by atoms with Crippen molar-refractivity contribution in [3.63, 3.8) is 0 Å². The minimum atomic E-state index is 0.946. The van der Waals surface area contributed by atoms with Gasteiger partial charge in [-0.05, 0) is 12.1 Å². The van der Waals surface area contributed by atoms with E-state index in [1.807, 2.05) is 18.2 Å². The fourth-order valence-electron chi connectivity index (χ4n) is 0.872. The quantitative estimate of drug-likeness (QED) is 0.528. The van der Waals surface area contributed by atoms with Crippen LogP contribution in [-0.4, -0.2) is 15.2 Å². The van der Waals surface area contributed by atoms with Crippen LogP contribution in [0.25, 0.3) is 10.2 Å². The van der Waals surface area contributed by atoms with E-state index in [1.165, 1.54) is 4.70 Å². The Hall–Kier alpha value is -0.673. The number of hydrogen-bond acceptors (Lipinski definition) is 2. The second-order valence-electron chi connectivity index (χ2n) is 1.99. The van der Waals surface area contributed by atoms with Crippen molar-refractivity contribution >= 4 is 36.4 Å². The number of rotatable bonds is 0. The molecule has 0 N–H and O–H groups in total. The number of para-hydroxylation sites is 1. The van der Waals surface area contributed by atoms with Crippen LogP contribution < -0.4 is 4.63 Å². The third-order valence-electron chi connectivity index (χ3n) is 1.29. The molecule has 0 spiro atoms. The molecule has 0 atom stereocenters. The van der Waals surface area contributed by atoms with E-state index in [0.717, 1.165) is 10.1 Å². The van der Waals surface area contributed by atoms with E-state index >= 15 is 0 Å². The van der Waals surface area contributed by atoms with Gasteiger partial charge in [-0.15, -0.1) is 11.3 Å². The second-order valence-corrected chi connectivity index (χ2v) is 3.85. The van der Waals surface area contributed by atoms with Gasteiger partial charge in [0.1, 0.15) is 10.2 Å². The number of nitrogens with zero attached hydrogens (tertiary/aromatic N) is 1. The van der Waals surface area contributed by atoms with Gasteiger partial charge in [-0.1, -0.05) is 12.1 Å². The minimum absolute atomic E-state index is 0.946. The maximum absolute atomic E-state index is 4.25. The van der Waals surface area contributed by atoms with Crippen molar-refractivity contribution in [1.29, 1.82) is 0 Å². The van der Waals surface area contributed by atoms with Gasteiger partial charge in [-0.2, -0.15) is 0 Å². The van der Waals surface area contributed by atoms with Crippen LogP contribution in [0, 0.1) is 0 Å². The highest BCUT2D eigenvalue weighted by Crippen LogP contribution is 2.13. The van der Waals surface area contributed by atoms with Gasteiger partial charge in [-0.25, -0.2) is 4.98 Å². The molecule has 0 unspecified atom stereocenters. The zero-order valence-electron chi connectivity index (χ0n) is 5.16. The van der Waals surface area contributed by atoms with E-state index in [4.69, 9.17) is 0 Å². The number of thiazole rings is 1. The molecule has 0 amide bonds. The Kier molecular flexibility index (Phi) is 1.32. The van der Waals surface area contributed by atoms with Crippen molar-refractivity contribution in [2.75, 3.05) is 0 Å². The van der Waals surface area contributed by atoms with Gasteiger partial charge in [0, 0.05) is 0 Å². The molecule has 0 aliphatic rings. The topological polar surface area (TPSA) is 12.9 Å². The Morgan fingerprint density at radius 3 is 2.90 bits per heavy atom. The van der Waals surface area contributed by atoms with Gasteiger partial charge >= 0.3 is 0 Å². The smallest absolute Gasteiger partial charge is 0.115 e. The molecule has 0 aliphatic carbocycles. The molecular formula is C7H4NSSi. The number of aromatic nitrogens is 1. The number of benzene rings is 1. The highest BCUT2D eigenvalue weighted by Gasteiger charge is 1.95. The molecule has 1 aromatic carbocycles. The van der Waals surface area contributed by atoms with Crippen LogP contribution in [0.4, 0.5) is 0 Å². The van der Waals surface area contributed by atoms with Gasteiger partial charge in [0.2, 0.25) is 0 Å². The van der Waals surface area contributed by atoms with E-state index in [9.17, 15) is 0 Å². The van der Waals surface area contributed by atoms with Crippen LogP contribution in [0.5, 0.6) is 0 Å². The van der Waals surface area contributed by atoms with Crippen molar-refractivity contribution in [2.45, 2.75) is 0 Å². The highest BCUT2D eigenvalue weighted by atomic mass is 32.1. The summed E-state index contributed by atoms with van der Waals surface area (Å²) in [6.45, 7) is 0. The molecule has 1 nitrogen and oxygen atoms in total. The summed E-state index contributed by atoms with van der Waals surface area (Å²) in [5, 5.41) is 0. The summed E-state index contributed by atoms with van der Waals surface area (Å²) in [7, 11) is 3.38. The van der Waals surface area contributed by atoms with E-state index < -0.39 is 0 Å². The molecule has 0 saturated carbocycles. The zero-order valence-corrected chi connectivity index (χ0v) is 6.98. The number of hydrogen-bond donors (Lipinski definition) is 0. The molecule has 47 valence electrons. The molecule has 1 heterocycles. The van der Waals surface area contributed by atoms with E-state index in [-0.39, 0.29) is 0 Å². The van der Waals surface area contributed by atoms with Crippen LogP contribution in [0.15, 0.2) is 24.3 Å². The lowest BCUT2D eigenvalue weighted by atomic mass is 10.3. The molecule has 3 radical (unpaired) electrons. The maximum atomic E-state index is 4.25. The number of fused-ring (bicyclic) bond motifs is 1. The van der Waals surface area contributed by atoms with Gasteiger partial charge in [0.15, 0.2) is 0 Å². The summed E-state index contributed by atoms with van der Waals surface area (Å²) in [5.74, 6) is 0. The predicted octanol–water partition coefficient (Wildman–Crippen LogP) is 1.09. The lowest BCUT2D eigenvalue weighted by molar-refractivity contribution is 1.55. The van der Waals surface area contributed by atoms with Gasteiger partial charge < -0.3 is 0 Å². The fourth-order valence-corrected chi connectivity index (χ4v) is 2.04. The highest BCUT2D eigenvalue weighted by molar-refractivity contribution is 7.25. The Balaban J connectivity index is 2.88. The lowest BCUT2D eigenvalue weighted by Gasteiger charge is -1.80. The van der Waals surface area contributed by atoms with Gasteiger partial charge in [0.05, 0.1) is 14.8 Å². The molecule has 1 aromatic heterocycles. The van der Waals surface area contributed by atoms with Crippen LogP contribution in [0.3, 0.4) is 0 Å². The summed E-state index contributed by atoms with van der Waals surface area (Å²) in [5.41, 5.74) is 1.07. The minimum Gasteiger partial charge on any atom is -0.247 e. The van der Waals surface area contributed by atoms with Crippen LogP contribution in [0.2, 0.25) is 0 Å². The van der Waals surface area contributed by atoms with Crippen molar-refractivity contribution in [3.8, 4) is 0 Å². The molecule has 10 heavy (non-hydrogen) atoms. The summed E-state index contributed by atoms with van der Waals surface area (Å²) in [4.78, 5) is 4.25. The van der Waals surface area contributed by atoms with Gasteiger partial charge in [-0.3, -0.25) is 0 Å². The molecule has 0 bridgehead atoms. The van der Waals surface area contributed by atoms with Crippen LogP contribution >= 0.6 is 11.3 Å². The first-order valence-electron chi connectivity index (χ1n) is 2.93. The lowest BCUT2D eigenvalue weighted by Crippen LogP contribution is -1.96. The fraction of sp³-hybridized carbons (Fsp3) is 0. The Morgan fingerprint density at radius 1 is 1.30 bits per heavy atom. The SMILES string of the molecule is [Si]c1nc2ccccc2s1. The first-order valence-corrected chi connectivity index (χ1v) is 4.25. The third-order valence-corrected chi connectivity index (χ3v) is 2.56. The Labute approximate surface area is 66.1 Å². The maximum Gasteiger partial charge on any atom is 0.115 e. The molecule has 0 aliphatic heterocycles. The average molecular weight is 162 g/mol. The third kappa shape index (κ3) is 0.873. The van der Waals surface area contributed by atoms with Crippen molar-refractivity contribution in [1.82, 2.24) is 4.98 Å². The van der Waals surface area contributed by atoms with E-state index in [1.54, 1.807) is 11.3 Å². The predicted molar refractivity (Wildman–Crippen MR) is 45.0 cm³/mol. The summed E-state index contributed by atoms with van der Waals surface area (Å²) in [6.07, 6.45) is 0. The van der Waals surface area contributed by atoms with Crippen LogP contribution in [-0.2, 0) is 0 Å². The molecule has 3 heteroatoms. The summed E-state index contributed by atoms with van der Waals surface area (Å²) < 4.78 is 2.17. The van der Waals surface area contributed by atoms with Crippen molar-refractivity contribution in [2.24, 2.45) is 0 Å². The van der Waals surface area contributed by atoms with Crippen LogP contribution in [0.1, 0.15) is 0 Å². The molecule has 0 saturated heterocycles. The largest absolute Gasteiger partial charge is 0.247 e. The molecule has 2 aromatic rings. The molecule has 2 rings (SSSR count). The summed E-state index contributed by atoms with van der Waals surface area (Å²) >= 11 is 1.65. The Bertz CT molecular complexity index is 322.